The molecular formula is C13H22N2O. The molecule has 0 aromatic rings. The molecule has 3 nitrogen and oxygen atoms in total. The van der Waals surface area contributed by atoms with E-state index in [1.807, 2.05) is 4.90 Å². The molecule has 0 radical (unpaired) electrons. The van der Waals surface area contributed by atoms with E-state index in [0.717, 1.165) is 32.4 Å². The number of nitrogens with two attached hydrogens (primary N) is 1. The van der Waals surface area contributed by atoms with Gasteiger partial charge in [-0.2, -0.15) is 0 Å². The van der Waals surface area contributed by atoms with E-state index in [4.69, 9.17) is 5.73 Å². The highest BCUT2D eigenvalue weighted by atomic mass is 16.2. The Labute approximate surface area is 97.7 Å². The standard InChI is InChI=1S/C13H22N2O/c1-2-12(16)15-9-7-13(8-10-15)6-4-3-5-11(13)14/h2,11H,1,3-10,14H2. The summed E-state index contributed by atoms with van der Waals surface area (Å²) >= 11 is 0. The number of carbonyl (C=O) groups excluding carboxylic acids is 1. The Bertz CT molecular complexity index is 280. The van der Waals surface area contributed by atoms with Crippen molar-refractivity contribution >= 4 is 5.91 Å². The first-order valence-electron chi connectivity index (χ1n) is 6.35. The lowest BCUT2D eigenvalue weighted by Crippen LogP contribution is -2.52. The summed E-state index contributed by atoms with van der Waals surface area (Å²) in [6.07, 6.45) is 8.57. The molecule has 1 spiro atoms. The second kappa shape index (κ2) is 4.58. The monoisotopic (exact) mass is 222 g/mol. The molecule has 0 aromatic heterocycles. The summed E-state index contributed by atoms with van der Waals surface area (Å²) in [5.74, 6) is 0.0687. The van der Waals surface area contributed by atoms with Crippen LogP contribution in [0, 0.1) is 5.41 Å². The fourth-order valence-corrected chi connectivity index (χ4v) is 3.26. The molecule has 0 aromatic carbocycles. The van der Waals surface area contributed by atoms with Crippen LogP contribution in [0.15, 0.2) is 12.7 Å². The minimum absolute atomic E-state index is 0.0687. The number of rotatable bonds is 1. The Hall–Kier alpha value is -0.830. The zero-order chi connectivity index (χ0) is 11.6. The molecular weight excluding hydrogens is 200 g/mol. The van der Waals surface area contributed by atoms with Crippen LogP contribution < -0.4 is 5.73 Å². The Morgan fingerprint density at radius 1 is 1.31 bits per heavy atom. The van der Waals surface area contributed by atoms with E-state index < -0.39 is 0 Å². The molecule has 1 heterocycles. The third kappa shape index (κ3) is 2.01. The van der Waals surface area contributed by atoms with E-state index in [-0.39, 0.29) is 5.91 Å². The van der Waals surface area contributed by atoms with Crippen molar-refractivity contribution in [2.24, 2.45) is 11.1 Å². The van der Waals surface area contributed by atoms with Crippen molar-refractivity contribution in [2.45, 2.75) is 44.6 Å². The van der Waals surface area contributed by atoms with Gasteiger partial charge in [-0.15, -0.1) is 0 Å². The molecule has 1 aliphatic heterocycles. The van der Waals surface area contributed by atoms with Crippen molar-refractivity contribution < 1.29 is 4.79 Å². The maximum absolute atomic E-state index is 11.5. The number of piperidine rings is 1. The lowest BCUT2D eigenvalue weighted by Gasteiger charge is -2.47. The van der Waals surface area contributed by atoms with Gasteiger partial charge in [0.05, 0.1) is 0 Å². The first-order valence-corrected chi connectivity index (χ1v) is 6.35. The van der Waals surface area contributed by atoms with Gasteiger partial charge in [0.2, 0.25) is 5.91 Å². The van der Waals surface area contributed by atoms with Crippen LogP contribution in [0.4, 0.5) is 0 Å². The van der Waals surface area contributed by atoms with Crippen LogP contribution in [0.25, 0.3) is 0 Å². The van der Waals surface area contributed by atoms with E-state index in [1.54, 1.807) is 0 Å². The Morgan fingerprint density at radius 3 is 2.56 bits per heavy atom. The van der Waals surface area contributed by atoms with Gasteiger partial charge in [-0.3, -0.25) is 4.79 Å². The van der Waals surface area contributed by atoms with Gasteiger partial charge in [-0.25, -0.2) is 0 Å². The van der Waals surface area contributed by atoms with Crippen LogP contribution in [0.5, 0.6) is 0 Å². The van der Waals surface area contributed by atoms with Crippen molar-refractivity contribution in [1.29, 1.82) is 0 Å². The number of hydrogen-bond acceptors (Lipinski definition) is 2. The van der Waals surface area contributed by atoms with E-state index >= 15 is 0 Å². The lowest BCUT2D eigenvalue weighted by atomic mass is 9.65. The second-order valence-electron chi connectivity index (χ2n) is 5.24. The molecule has 3 heteroatoms. The lowest BCUT2D eigenvalue weighted by molar-refractivity contribution is -0.128. The van der Waals surface area contributed by atoms with Gasteiger partial charge in [-0.1, -0.05) is 19.4 Å². The number of amides is 1. The van der Waals surface area contributed by atoms with Gasteiger partial charge in [0.25, 0.3) is 0 Å². The van der Waals surface area contributed by atoms with Gasteiger partial charge in [0.1, 0.15) is 0 Å². The van der Waals surface area contributed by atoms with Gasteiger partial charge in [0, 0.05) is 19.1 Å². The molecule has 2 fully saturated rings. The van der Waals surface area contributed by atoms with Gasteiger partial charge in [-0.05, 0) is 37.2 Å². The molecule has 1 saturated carbocycles. The zero-order valence-electron chi connectivity index (χ0n) is 9.95. The molecule has 1 saturated heterocycles. The molecule has 1 atom stereocenters. The topological polar surface area (TPSA) is 46.3 Å². The van der Waals surface area contributed by atoms with Crippen LogP contribution in [0.1, 0.15) is 38.5 Å². The number of likely N-dealkylation sites (tertiary alicyclic amines) is 1. The summed E-state index contributed by atoms with van der Waals surface area (Å²) in [5.41, 5.74) is 6.60. The highest BCUT2D eigenvalue weighted by Gasteiger charge is 2.41. The number of carbonyl (C=O) groups is 1. The number of nitrogens with zero attached hydrogens (tertiary/aromatic N) is 1. The summed E-state index contributed by atoms with van der Waals surface area (Å²) in [6.45, 7) is 5.26. The number of hydrogen-bond donors (Lipinski definition) is 1. The molecule has 2 rings (SSSR count). The fraction of sp³-hybridized carbons (Fsp3) is 0.769. The fourth-order valence-electron chi connectivity index (χ4n) is 3.26. The van der Waals surface area contributed by atoms with E-state index in [0.29, 0.717) is 11.5 Å². The predicted molar refractivity (Wildman–Crippen MR) is 64.9 cm³/mol. The third-order valence-electron chi connectivity index (χ3n) is 4.47. The first kappa shape index (κ1) is 11.6. The van der Waals surface area contributed by atoms with Gasteiger partial charge >= 0.3 is 0 Å². The largest absolute Gasteiger partial charge is 0.339 e. The summed E-state index contributed by atoms with van der Waals surface area (Å²) in [5, 5.41) is 0. The van der Waals surface area contributed by atoms with Crippen LogP contribution in [0.3, 0.4) is 0 Å². The average molecular weight is 222 g/mol. The molecule has 1 amide bonds. The van der Waals surface area contributed by atoms with E-state index in [1.165, 1.54) is 25.3 Å². The Balaban J connectivity index is 1.97. The minimum Gasteiger partial charge on any atom is -0.339 e. The van der Waals surface area contributed by atoms with E-state index in [2.05, 4.69) is 6.58 Å². The second-order valence-corrected chi connectivity index (χ2v) is 5.24. The van der Waals surface area contributed by atoms with Crippen molar-refractivity contribution in [2.75, 3.05) is 13.1 Å². The third-order valence-corrected chi connectivity index (χ3v) is 4.47. The quantitative estimate of drug-likeness (QED) is 0.686. The normalized spacial score (nSPS) is 29.1. The molecule has 1 aliphatic carbocycles. The van der Waals surface area contributed by atoms with Gasteiger partial charge in [0.15, 0.2) is 0 Å². The van der Waals surface area contributed by atoms with Crippen molar-refractivity contribution in [3.05, 3.63) is 12.7 Å². The molecule has 2 aliphatic rings. The average Bonchev–Trinajstić information content (AvgIpc) is 2.33. The molecule has 1 unspecified atom stereocenters. The SMILES string of the molecule is C=CC(=O)N1CCC2(CCCCC2N)CC1. The minimum atomic E-state index is 0.0687. The zero-order valence-corrected chi connectivity index (χ0v) is 9.95. The summed E-state index contributed by atoms with van der Waals surface area (Å²) in [6, 6.07) is 0.349. The summed E-state index contributed by atoms with van der Waals surface area (Å²) < 4.78 is 0. The van der Waals surface area contributed by atoms with Crippen LogP contribution in [-0.4, -0.2) is 29.9 Å². The molecule has 16 heavy (non-hydrogen) atoms. The predicted octanol–water partition coefficient (Wildman–Crippen LogP) is 1.68. The van der Waals surface area contributed by atoms with Crippen molar-refractivity contribution in [1.82, 2.24) is 4.90 Å². The smallest absolute Gasteiger partial charge is 0.245 e. The summed E-state index contributed by atoms with van der Waals surface area (Å²) in [4.78, 5) is 13.4. The molecule has 0 bridgehead atoms. The maximum atomic E-state index is 11.5. The Morgan fingerprint density at radius 2 is 2.00 bits per heavy atom. The van der Waals surface area contributed by atoms with Crippen LogP contribution >= 0.6 is 0 Å². The first-order chi connectivity index (χ1) is 7.68. The van der Waals surface area contributed by atoms with Crippen LogP contribution in [0.2, 0.25) is 0 Å². The highest BCUT2D eigenvalue weighted by Crippen LogP contribution is 2.43. The highest BCUT2D eigenvalue weighted by molar-refractivity contribution is 5.87. The molecule has 90 valence electrons. The maximum Gasteiger partial charge on any atom is 0.245 e. The molecule has 2 N–H and O–H groups in total. The van der Waals surface area contributed by atoms with Crippen molar-refractivity contribution in [3.63, 3.8) is 0 Å². The van der Waals surface area contributed by atoms with Gasteiger partial charge < -0.3 is 10.6 Å². The van der Waals surface area contributed by atoms with Crippen LogP contribution in [-0.2, 0) is 4.79 Å². The van der Waals surface area contributed by atoms with E-state index in [9.17, 15) is 4.79 Å². The summed E-state index contributed by atoms with van der Waals surface area (Å²) in [7, 11) is 0. The van der Waals surface area contributed by atoms with Crippen molar-refractivity contribution in [3.8, 4) is 0 Å². The Kier molecular flexibility index (Phi) is 3.33.